The van der Waals surface area contributed by atoms with E-state index >= 15 is 0 Å². The van der Waals surface area contributed by atoms with Crippen LogP contribution in [0.15, 0.2) is 41.3 Å². The van der Waals surface area contributed by atoms with Gasteiger partial charge < -0.3 is 10.1 Å². The van der Waals surface area contributed by atoms with Crippen LogP contribution in [-0.2, 0) is 10.0 Å². The molecule has 0 bridgehead atoms. The molecular weight excluding hydrogens is 424 g/mol. The van der Waals surface area contributed by atoms with Gasteiger partial charge in [-0.1, -0.05) is 29.8 Å². The average Bonchev–Trinajstić information content (AvgIpc) is 3.25. The molecule has 6 nitrogen and oxygen atoms in total. The molecule has 0 aliphatic carbocycles. The maximum absolute atomic E-state index is 12.7. The minimum Gasteiger partial charge on any atom is -0.493 e. The summed E-state index contributed by atoms with van der Waals surface area (Å²) in [5, 5.41) is 3.01. The number of carbonyl (C=O) groups is 1. The van der Waals surface area contributed by atoms with E-state index in [1.165, 1.54) is 22.5 Å². The number of nitrogens with zero attached hydrogens (tertiary/aromatic N) is 1. The quantitative estimate of drug-likeness (QED) is 0.618. The van der Waals surface area contributed by atoms with E-state index in [-0.39, 0.29) is 15.5 Å². The van der Waals surface area contributed by atoms with E-state index < -0.39 is 15.9 Å². The van der Waals surface area contributed by atoms with Crippen molar-refractivity contribution in [3.8, 4) is 5.75 Å². The summed E-state index contributed by atoms with van der Waals surface area (Å²) < 4.78 is 32.8. The fourth-order valence-corrected chi connectivity index (χ4v) is 5.23. The van der Waals surface area contributed by atoms with Crippen molar-refractivity contribution in [2.24, 2.45) is 0 Å². The topological polar surface area (TPSA) is 75.7 Å². The van der Waals surface area contributed by atoms with E-state index in [2.05, 4.69) is 5.32 Å². The van der Waals surface area contributed by atoms with Crippen LogP contribution in [-0.4, -0.2) is 44.9 Å². The molecule has 162 valence electrons. The third-order valence-corrected chi connectivity index (χ3v) is 7.37. The lowest BCUT2D eigenvalue weighted by molar-refractivity contribution is 0.0951. The number of hydrogen-bond donors (Lipinski definition) is 1. The molecule has 0 saturated carbocycles. The van der Waals surface area contributed by atoms with Crippen LogP contribution in [0, 0.1) is 13.8 Å². The van der Waals surface area contributed by atoms with Crippen molar-refractivity contribution in [2.75, 3.05) is 26.2 Å². The van der Waals surface area contributed by atoms with Crippen LogP contribution in [0.3, 0.4) is 0 Å². The summed E-state index contributed by atoms with van der Waals surface area (Å²) in [6.07, 6.45) is 2.32. The van der Waals surface area contributed by atoms with Crippen molar-refractivity contribution in [3.63, 3.8) is 0 Å². The molecule has 30 heavy (non-hydrogen) atoms. The maximum atomic E-state index is 12.7. The van der Waals surface area contributed by atoms with Crippen LogP contribution in [0.4, 0.5) is 0 Å². The van der Waals surface area contributed by atoms with E-state index in [9.17, 15) is 13.2 Å². The Morgan fingerprint density at radius 1 is 1.13 bits per heavy atom. The molecular formula is C22H27ClN2O4S. The van der Waals surface area contributed by atoms with Crippen LogP contribution in [0.1, 0.15) is 40.7 Å². The molecule has 0 aromatic heterocycles. The Hall–Kier alpha value is -2.09. The van der Waals surface area contributed by atoms with Crippen molar-refractivity contribution >= 4 is 27.5 Å². The Balaban J connectivity index is 1.57. The summed E-state index contributed by atoms with van der Waals surface area (Å²) in [6, 6.07) is 10.2. The molecule has 2 aromatic carbocycles. The predicted octanol–water partition coefficient (Wildman–Crippen LogP) is 3.94. The number of rotatable bonds is 8. The Kier molecular flexibility index (Phi) is 7.39. The number of sulfonamides is 1. The van der Waals surface area contributed by atoms with Crippen LogP contribution < -0.4 is 10.1 Å². The highest BCUT2D eigenvalue weighted by Crippen LogP contribution is 2.25. The first kappa shape index (κ1) is 22.6. The number of nitrogens with one attached hydrogen (secondary N) is 1. The third-order valence-electron chi connectivity index (χ3n) is 5.15. The number of carbonyl (C=O) groups excluding carboxylic acids is 1. The first-order chi connectivity index (χ1) is 14.3. The summed E-state index contributed by atoms with van der Waals surface area (Å²) in [7, 11) is -3.60. The van der Waals surface area contributed by atoms with Gasteiger partial charge in [-0.25, -0.2) is 8.42 Å². The second-order valence-corrected chi connectivity index (χ2v) is 9.78. The minimum atomic E-state index is -3.60. The van der Waals surface area contributed by atoms with E-state index in [1.54, 1.807) is 0 Å². The Labute approximate surface area is 183 Å². The molecule has 3 rings (SSSR count). The standard InChI is InChI=1S/C22H27ClN2O4S/c1-16-7-5-8-17(2)21(16)29-14-6-11-24-22(26)19-15-18(9-10-20(19)23)30(27,28)25-12-3-4-13-25/h5,7-10,15H,3-4,6,11-14H2,1-2H3,(H,24,26). The van der Waals surface area contributed by atoms with Gasteiger partial charge in [-0.05, 0) is 62.4 Å². The molecule has 1 aliphatic heterocycles. The van der Waals surface area contributed by atoms with Gasteiger partial charge in [-0.15, -0.1) is 0 Å². The number of ether oxygens (including phenoxy) is 1. The molecule has 1 amide bonds. The molecule has 1 fully saturated rings. The van der Waals surface area contributed by atoms with Crippen molar-refractivity contribution < 1.29 is 17.9 Å². The fraction of sp³-hybridized carbons (Fsp3) is 0.409. The highest BCUT2D eigenvalue weighted by Gasteiger charge is 2.28. The molecule has 1 aliphatic rings. The Bertz CT molecular complexity index is 998. The van der Waals surface area contributed by atoms with Gasteiger partial charge in [0.15, 0.2) is 0 Å². The van der Waals surface area contributed by atoms with E-state index in [4.69, 9.17) is 16.3 Å². The molecule has 0 radical (unpaired) electrons. The van der Waals surface area contributed by atoms with E-state index in [0.717, 1.165) is 29.7 Å². The zero-order valence-corrected chi connectivity index (χ0v) is 18.9. The first-order valence-corrected chi connectivity index (χ1v) is 11.9. The van der Waals surface area contributed by atoms with Crippen molar-refractivity contribution in [1.29, 1.82) is 0 Å². The Morgan fingerprint density at radius 3 is 2.47 bits per heavy atom. The minimum absolute atomic E-state index is 0.0947. The smallest absolute Gasteiger partial charge is 0.252 e. The van der Waals surface area contributed by atoms with Gasteiger partial charge in [0.05, 0.1) is 22.1 Å². The largest absolute Gasteiger partial charge is 0.493 e. The number of hydrogen-bond acceptors (Lipinski definition) is 4. The van der Waals surface area contributed by atoms with Gasteiger partial charge >= 0.3 is 0 Å². The van der Waals surface area contributed by atoms with Gasteiger partial charge in [-0.3, -0.25) is 4.79 Å². The zero-order valence-electron chi connectivity index (χ0n) is 17.3. The average molecular weight is 451 g/mol. The summed E-state index contributed by atoms with van der Waals surface area (Å²) >= 11 is 6.16. The van der Waals surface area contributed by atoms with Gasteiger partial charge in [0.25, 0.3) is 5.91 Å². The van der Waals surface area contributed by atoms with Crippen LogP contribution in [0.25, 0.3) is 0 Å². The number of halogens is 1. The van der Waals surface area contributed by atoms with Gasteiger partial charge in [0.2, 0.25) is 10.0 Å². The second kappa shape index (κ2) is 9.81. The number of benzene rings is 2. The first-order valence-electron chi connectivity index (χ1n) is 10.1. The summed E-state index contributed by atoms with van der Waals surface area (Å²) in [5.74, 6) is 0.470. The van der Waals surface area contributed by atoms with Gasteiger partial charge in [0, 0.05) is 19.6 Å². The van der Waals surface area contributed by atoms with E-state index in [0.29, 0.717) is 32.7 Å². The SMILES string of the molecule is Cc1cccc(C)c1OCCCNC(=O)c1cc(S(=O)(=O)N2CCCC2)ccc1Cl. The molecule has 1 N–H and O–H groups in total. The highest BCUT2D eigenvalue weighted by molar-refractivity contribution is 7.89. The van der Waals surface area contributed by atoms with Gasteiger partial charge in [0.1, 0.15) is 5.75 Å². The van der Waals surface area contributed by atoms with Crippen molar-refractivity contribution in [2.45, 2.75) is 38.0 Å². The lowest BCUT2D eigenvalue weighted by Crippen LogP contribution is -2.29. The lowest BCUT2D eigenvalue weighted by atomic mass is 10.1. The second-order valence-electron chi connectivity index (χ2n) is 7.43. The summed E-state index contributed by atoms with van der Waals surface area (Å²) in [4.78, 5) is 12.7. The normalized spacial score (nSPS) is 14.6. The summed E-state index contributed by atoms with van der Waals surface area (Å²) in [5.41, 5.74) is 2.30. The monoisotopic (exact) mass is 450 g/mol. The molecule has 0 atom stereocenters. The third kappa shape index (κ3) is 5.14. The zero-order chi connectivity index (χ0) is 21.7. The van der Waals surface area contributed by atoms with Crippen LogP contribution in [0.5, 0.6) is 5.75 Å². The Morgan fingerprint density at radius 2 is 1.80 bits per heavy atom. The molecule has 0 spiro atoms. The van der Waals surface area contributed by atoms with Crippen molar-refractivity contribution in [1.82, 2.24) is 9.62 Å². The van der Waals surface area contributed by atoms with Gasteiger partial charge in [-0.2, -0.15) is 4.31 Å². The molecule has 1 saturated heterocycles. The van der Waals surface area contributed by atoms with E-state index in [1.807, 2.05) is 32.0 Å². The van der Waals surface area contributed by atoms with Crippen molar-refractivity contribution in [3.05, 3.63) is 58.1 Å². The molecule has 0 unspecified atom stereocenters. The number of amides is 1. The predicted molar refractivity (Wildman–Crippen MR) is 118 cm³/mol. The lowest BCUT2D eigenvalue weighted by Gasteiger charge is -2.16. The molecule has 1 heterocycles. The fourth-order valence-electron chi connectivity index (χ4n) is 3.49. The van der Waals surface area contributed by atoms with Crippen LogP contribution in [0.2, 0.25) is 5.02 Å². The highest BCUT2D eigenvalue weighted by atomic mass is 35.5. The van der Waals surface area contributed by atoms with Crippen LogP contribution >= 0.6 is 11.6 Å². The maximum Gasteiger partial charge on any atom is 0.252 e. The number of para-hydroxylation sites is 1. The molecule has 8 heteroatoms. The number of aryl methyl sites for hydroxylation is 2. The summed E-state index contributed by atoms with van der Waals surface area (Å²) in [6.45, 7) is 5.86. The molecule has 2 aromatic rings.